The van der Waals surface area contributed by atoms with Gasteiger partial charge in [0.2, 0.25) is 11.8 Å². The highest BCUT2D eigenvalue weighted by molar-refractivity contribution is 6.33. The number of amides is 2. The number of halogens is 1. The average molecular weight is 527 g/mol. The average Bonchev–Trinajstić information content (AvgIpc) is 3.39. The number of para-hydroxylation sites is 1. The van der Waals surface area contributed by atoms with Crippen molar-refractivity contribution in [2.45, 2.75) is 50.5 Å². The summed E-state index contributed by atoms with van der Waals surface area (Å²) in [5.74, 6) is -3.32. The number of nitrogens with one attached hydrogen (secondary N) is 1. The van der Waals surface area contributed by atoms with Gasteiger partial charge < -0.3 is 24.8 Å². The Hall–Kier alpha value is -2.94. The lowest BCUT2D eigenvalue weighted by atomic mass is 9.62. The van der Waals surface area contributed by atoms with Gasteiger partial charge in [0.1, 0.15) is 17.6 Å². The molecule has 2 aromatic carbocycles. The molecule has 2 N–H and O–H groups in total. The number of ether oxygens (including phenoxy) is 2. The Bertz CT molecular complexity index is 1220. The fourth-order valence-electron chi connectivity index (χ4n) is 6.70. The molecule has 1 spiro atoms. The Balaban J connectivity index is 1.64. The first-order valence-corrected chi connectivity index (χ1v) is 13.0. The lowest BCUT2D eigenvalue weighted by molar-refractivity contribution is -0.162. The van der Waals surface area contributed by atoms with Crippen LogP contribution in [0.2, 0.25) is 5.02 Å². The third kappa shape index (κ3) is 3.76. The molecule has 9 heteroatoms. The summed E-state index contributed by atoms with van der Waals surface area (Å²) in [5.41, 5.74) is -1.17. The van der Waals surface area contributed by atoms with Crippen LogP contribution in [0.4, 0.5) is 5.69 Å². The minimum absolute atomic E-state index is 0.120. The highest BCUT2D eigenvalue weighted by atomic mass is 35.5. The van der Waals surface area contributed by atoms with Crippen molar-refractivity contribution in [2.24, 2.45) is 17.8 Å². The zero-order chi connectivity index (χ0) is 26.5. The van der Waals surface area contributed by atoms with Crippen LogP contribution in [0, 0.1) is 17.8 Å². The molecule has 3 aliphatic heterocycles. The van der Waals surface area contributed by atoms with Gasteiger partial charge in [-0.3, -0.25) is 14.4 Å². The number of carbonyl (C=O) groups is 3. The second-order valence-corrected chi connectivity index (χ2v) is 10.7. The Morgan fingerprint density at radius 3 is 2.54 bits per heavy atom. The van der Waals surface area contributed by atoms with E-state index in [-0.39, 0.29) is 12.5 Å². The molecule has 2 amide bonds. The minimum Gasteiger partial charge on any atom is -0.466 e. The molecule has 5 rings (SSSR count). The van der Waals surface area contributed by atoms with Gasteiger partial charge in [0, 0.05) is 0 Å². The Morgan fingerprint density at radius 2 is 1.89 bits per heavy atom. The number of carbonyl (C=O) groups excluding carboxylic acids is 3. The summed E-state index contributed by atoms with van der Waals surface area (Å²) in [6, 6.07) is 14.0. The van der Waals surface area contributed by atoms with Crippen molar-refractivity contribution in [2.75, 3.05) is 18.5 Å². The number of hydrogen-bond acceptors (Lipinski definition) is 6. The Morgan fingerprint density at radius 1 is 1.22 bits per heavy atom. The number of esters is 1. The van der Waals surface area contributed by atoms with E-state index in [9.17, 15) is 19.5 Å². The molecule has 0 saturated carbocycles. The Kier molecular flexibility index (Phi) is 6.54. The molecule has 196 valence electrons. The highest BCUT2D eigenvalue weighted by Gasteiger charge is 2.80. The van der Waals surface area contributed by atoms with Crippen molar-refractivity contribution < 1.29 is 29.0 Å². The third-order valence-corrected chi connectivity index (χ3v) is 8.70. The number of hydrogen-bond donors (Lipinski definition) is 2. The van der Waals surface area contributed by atoms with Crippen LogP contribution in [-0.2, 0) is 23.9 Å². The van der Waals surface area contributed by atoms with Crippen molar-refractivity contribution in [1.29, 1.82) is 0 Å². The molecule has 8 nitrogen and oxygen atoms in total. The predicted molar refractivity (Wildman–Crippen MR) is 137 cm³/mol. The lowest BCUT2D eigenvalue weighted by Gasteiger charge is -2.37. The van der Waals surface area contributed by atoms with Gasteiger partial charge in [0.25, 0.3) is 0 Å². The van der Waals surface area contributed by atoms with E-state index in [2.05, 4.69) is 5.32 Å². The van der Waals surface area contributed by atoms with E-state index in [1.54, 1.807) is 43.3 Å². The number of rotatable bonds is 7. The third-order valence-electron chi connectivity index (χ3n) is 8.37. The Labute approximate surface area is 220 Å². The molecule has 3 aliphatic rings. The second-order valence-electron chi connectivity index (χ2n) is 10.3. The molecule has 0 radical (unpaired) electrons. The quantitative estimate of drug-likeness (QED) is 0.534. The van der Waals surface area contributed by atoms with Gasteiger partial charge >= 0.3 is 5.97 Å². The van der Waals surface area contributed by atoms with Crippen molar-refractivity contribution in [3.63, 3.8) is 0 Å². The summed E-state index contributed by atoms with van der Waals surface area (Å²) in [4.78, 5) is 43.0. The van der Waals surface area contributed by atoms with Gasteiger partial charge in [-0.1, -0.05) is 61.0 Å². The summed E-state index contributed by atoms with van der Waals surface area (Å²) in [6.45, 7) is 5.26. The molecule has 3 fully saturated rings. The largest absolute Gasteiger partial charge is 0.466 e. The van der Waals surface area contributed by atoms with Crippen LogP contribution in [0.1, 0.15) is 38.8 Å². The molecule has 3 saturated heterocycles. The number of aliphatic hydroxyl groups excluding tert-OH is 1. The first-order valence-electron chi connectivity index (χ1n) is 12.6. The number of anilines is 1. The van der Waals surface area contributed by atoms with Crippen LogP contribution in [-0.4, -0.2) is 58.2 Å². The summed E-state index contributed by atoms with van der Waals surface area (Å²) >= 11 is 6.33. The summed E-state index contributed by atoms with van der Waals surface area (Å²) < 4.78 is 12.1. The van der Waals surface area contributed by atoms with Crippen LogP contribution in [0.5, 0.6) is 0 Å². The van der Waals surface area contributed by atoms with Gasteiger partial charge in [0.05, 0.1) is 41.5 Å². The second kappa shape index (κ2) is 9.42. The number of likely N-dealkylation sites (tertiary alicyclic amines) is 1. The molecule has 2 bridgehead atoms. The zero-order valence-corrected chi connectivity index (χ0v) is 21.8. The molecule has 7 atom stereocenters. The van der Waals surface area contributed by atoms with Crippen molar-refractivity contribution in [1.82, 2.24) is 4.90 Å². The van der Waals surface area contributed by atoms with Gasteiger partial charge in [-0.05, 0) is 43.9 Å². The SMILES string of the molecule is CCOC(=O)[C@@H]1[C@H]2C(=O)N([C@H](CO)c3ccccc3)C(C(=O)Nc3ccccc3Cl)C23CC(C)[C@@]1(C)O3. The van der Waals surface area contributed by atoms with Gasteiger partial charge in [-0.2, -0.15) is 0 Å². The van der Waals surface area contributed by atoms with Gasteiger partial charge in [0.15, 0.2) is 0 Å². The van der Waals surface area contributed by atoms with Crippen molar-refractivity contribution >= 4 is 35.1 Å². The van der Waals surface area contributed by atoms with E-state index in [1.165, 1.54) is 4.90 Å². The van der Waals surface area contributed by atoms with Crippen LogP contribution in [0.15, 0.2) is 54.6 Å². The summed E-state index contributed by atoms with van der Waals surface area (Å²) in [6.07, 6.45) is 0.403. The zero-order valence-electron chi connectivity index (χ0n) is 21.0. The maximum atomic E-state index is 14.3. The van der Waals surface area contributed by atoms with Crippen LogP contribution >= 0.6 is 11.6 Å². The standard InChI is InChI=1S/C28H31ClN2O6/c1-4-36-26(35)22-21-25(34)31(20(15-32)17-10-6-5-7-11-17)23(28(21)14-16(2)27(22,3)37-28)24(33)30-19-13-9-8-12-18(19)29/h5-13,16,20-23,32H,4,14-15H2,1-3H3,(H,30,33)/t16?,20-,21+,22+,23?,27-,28?/m1/s1. The smallest absolute Gasteiger partial charge is 0.312 e. The minimum atomic E-state index is -1.27. The van der Waals surface area contributed by atoms with E-state index in [0.29, 0.717) is 22.7 Å². The van der Waals surface area contributed by atoms with Crippen LogP contribution in [0.25, 0.3) is 0 Å². The van der Waals surface area contributed by atoms with Crippen molar-refractivity contribution in [3.8, 4) is 0 Å². The van der Waals surface area contributed by atoms with Gasteiger partial charge in [-0.25, -0.2) is 0 Å². The van der Waals surface area contributed by atoms with E-state index in [4.69, 9.17) is 21.1 Å². The van der Waals surface area contributed by atoms with E-state index in [1.807, 2.05) is 32.0 Å². The molecule has 2 aromatic rings. The number of fused-ring (bicyclic) bond motifs is 1. The maximum absolute atomic E-state index is 14.3. The molecular formula is C28H31ClN2O6. The number of aliphatic hydroxyl groups is 1. The molecule has 3 heterocycles. The molecular weight excluding hydrogens is 496 g/mol. The monoisotopic (exact) mass is 526 g/mol. The molecule has 3 unspecified atom stereocenters. The van der Waals surface area contributed by atoms with E-state index in [0.717, 1.165) is 0 Å². The van der Waals surface area contributed by atoms with Crippen LogP contribution < -0.4 is 5.32 Å². The topological polar surface area (TPSA) is 105 Å². The van der Waals surface area contributed by atoms with Crippen molar-refractivity contribution in [3.05, 3.63) is 65.2 Å². The highest BCUT2D eigenvalue weighted by Crippen LogP contribution is 2.66. The number of nitrogens with zero attached hydrogens (tertiary/aromatic N) is 1. The van der Waals surface area contributed by atoms with E-state index >= 15 is 0 Å². The molecule has 0 aliphatic carbocycles. The predicted octanol–water partition coefficient (Wildman–Crippen LogP) is 3.59. The molecule has 37 heavy (non-hydrogen) atoms. The first kappa shape index (κ1) is 25.7. The number of benzene rings is 2. The van der Waals surface area contributed by atoms with E-state index < -0.39 is 59.5 Å². The summed E-state index contributed by atoms with van der Waals surface area (Å²) in [7, 11) is 0. The normalized spacial score (nSPS) is 32.8. The van der Waals surface area contributed by atoms with Gasteiger partial charge in [-0.15, -0.1) is 0 Å². The van der Waals surface area contributed by atoms with Crippen LogP contribution in [0.3, 0.4) is 0 Å². The molecule has 0 aromatic heterocycles. The fourth-order valence-corrected chi connectivity index (χ4v) is 6.88. The first-order chi connectivity index (χ1) is 17.7. The maximum Gasteiger partial charge on any atom is 0.312 e. The fraction of sp³-hybridized carbons (Fsp3) is 0.464. The lowest BCUT2D eigenvalue weighted by Crippen LogP contribution is -2.54. The summed E-state index contributed by atoms with van der Waals surface area (Å²) in [5, 5.41) is 13.7.